The Labute approximate surface area is 187 Å². The van der Waals surface area contributed by atoms with Crippen LogP contribution in [0.2, 0.25) is 0 Å². The fourth-order valence-electron chi connectivity index (χ4n) is 2.99. The molecule has 0 saturated heterocycles. The average molecular weight is 431 g/mol. The Morgan fingerprint density at radius 1 is 0.833 bits per heavy atom. The second kappa shape index (κ2) is 17.3. The van der Waals surface area contributed by atoms with E-state index in [2.05, 4.69) is 71.8 Å². The summed E-state index contributed by atoms with van der Waals surface area (Å²) in [5.41, 5.74) is 9.29. The summed E-state index contributed by atoms with van der Waals surface area (Å²) in [6.07, 6.45) is 8.34. The Hall–Kier alpha value is -0.240. The third-order valence-corrected chi connectivity index (χ3v) is 5.55. The van der Waals surface area contributed by atoms with E-state index < -0.39 is 5.54 Å². The fourth-order valence-corrected chi connectivity index (χ4v) is 2.99. The van der Waals surface area contributed by atoms with Gasteiger partial charge in [0.1, 0.15) is 0 Å². The van der Waals surface area contributed by atoms with E-state index in [1.54, 1.807) is 0 Å². The lowest BCUT2D eigenvalue weighted by Crippen LogP contribution is -2.47. The summed E-state index contributed by atoms with van der Waals surface area (Å²) >= 11 is 0. The minimum atomic E-state index is -0.411. The van der Waals surface area contributed by atoms with Crippen LogP contribution in [-0.2, 0) is 14.5 Å². The predicted molar refractivity (Wildman–Crippen MR) is 127 cm³/mol. The van der Waals surface area contributed by atoms with Crippen LogP contribution in [0.25, 0.3) is 0 Å². The summed E-state index contributed by atoms with van der Waals surface area (Å²) in [6, 6.07) is 0. The predicted octanol–water partition coefficient (Wildman–Crippen LogP) is 5.35. The average Bonchev–Trinajstić information content (AvgIpc) is 2.70. The van der Waals surface area contributed by atoms with Crippen LogP contribution < -0.4 is 16.4 Å². The molecule has 0 fully saturated rings. The second-order valence-corrected chi connectivity index (χ2v) is 9.76. The highest BCUT2D eigenvalue weighted by Gasteiger charge is 2.25. The van der Waals surface area contributed by atoms with Gasteiger partial charge in [-0.15, -0.1) is 0 Å². The van der Waals surface area contributed by atoms with E-state index in [0.29, 0.717) is 25.6 Å². The largest absolute Gasteiger partial charge is 0.302 e. The zero-order chi connectivity index (χ0) is 22.9. The summed E-state index contributed by atoms with van der Waals surface area (Å²) in [4.78, 5) is 17.3. The Morgan fingerprint density at radius 3 is 2.00 bits per heavy atom. The monoisotopic (exact) mass is 430 g/mol. The standard InChI is InChI=1S/C24H52N3O3/c1-9-13-22(12-4)30-26-18-15-24(8,27-28-19-16-23(5,6)7)14-17-25-29-20-21(10-2)11-3/h21-22,25-27H,8-20H2,1-7H3. The molecule has 2 unspecified atom stereocenters. The Morgan fingerprint density at radius 2 is 1.47 bits per heavy atom. The van der Waals surface area contributed by atoms with Crippen molar-refractivity contribution >= 4 is 0 Å². The van der Waals surface area contributed by atoms with Crippen LogP contribution in [0.5, 0.6) is 0 Å². The molecule has 0 aromatic rings. The van der Waals surface area contributed by atoms with E-state index >= 15 is 0 Å². The van der Waals surface area contributed by atoms with E-state index in [4.69, 9.17) is 14.5 Å². The molecular weight excluding hydrogens is 378 g/mol. The number of hydrogen-bond acceptors (Lipinski definition) is 6. The van der Waals surface area contributed by atoms with E-state index in [9.17, 15) is 0 Å². The Balaban J connectivity index is 4.41. The third-order valence-electron chi connectivity index (χ3n) is 5.55. The fraction of sp³-hybridized carbons (Fsp3) is 0.958. The molecule has 0 aliphatic heterocycles. The number of hydroxylamine groups is 3. The van der Waals surface area contributed by atoms with Gasteiger partial charge < -0.3 is 9.68 Å². The highest BCUT2D eigenvalue weighted by atomic mass is 16.7. The van der Waals surface area contributed by atoms with Crippen molar-refractivity contribution in [2.24, 2.45) is 11.3 Å². The Kier molecular flexibility index (Phi) is 17.2. The van der Waals surface area contributed by atoms with Gasteiger partial charge in [0.15, 0.2) is 0 Å². The van der Waals surface area contributed by atoms with Crippen molar-refractivity contribution in [3.63, 3.8) is 0 Å². The van der Waals surface area contributed by atoms with Gasteiger partial charge in [0.05, 0.1) is 19.3 Å². The van der Waals surface area contributed by atoms with E-state index in [1.807, 2.05) is 0 Å². The van der Waals surface area contributed by atoms with Crippen LogP contribution >= 0.6 is 0 Å². The molecule has 0 aliphatic rings. The number of rotatable bonds is 20. The molecule has 0 heterocycles. The van der Waals surface area contributed by atoms with Gasteiger partial charge in [0, 0.05) is 18.6 Å². The normalized spacial score (nSPS) is 15.5. The molecule has 0 spiro atoms. The molecule has 0 amide bonds. The maximum absolute atomic E-state index is 5.80. The quantitative estimate of drug-likeness (QED) is 0.179. The molecule has 0 saturated carbocycles. The van der Waals surface area contributed by atoms with Crippen molar-refractivity contribution in [2.45, 2.75) is 111 Å². The minimum Gasteiger partial charge on any atom is -0.302 e. The van der Waals surface area contributed by atoms with E-state index in [0.717, 1.165) is 58.0 Å². The van der Waals surface area contributed by atoms with Gasteiger partial charge in [-0.1, -0.05) is 67.7 Å². The molecule has 6 heteroatoms. The Bertz CT molecular complexity index is 386. The van der Waals surface area contributed by atoms with Gasteiger partial charge in [-0.2, -0.15) is 5.48 Å². The summed E-state index contributed by atoms with van der Waals surface area (Å²) in [6.45, 7) is 22.7. The van der Waals surface area contributed by atoms with Crippen LogP contribution in [0.1, 0.15) is 99.8 Å². The van der Waals surface area contributed by atoms with Crippen LogP contribution in [0.3, 0.4) is 0 Å². The zero-order valence-electron chi connectivity index (χ0n) is 21.1. The smallest absolute Gasteiger partial charge is 0.0787 e. The van der Waals surface area contributed by atoms with Crippen molar-refractivity contribution in [1.82, 2.24) is 16.4 Å². The highest BCUT2D eigenvalue weighted by Crippen LogP contribution is 2.19. The lowest BCUT2D eigenvalue weighted by molar-refractivity contribution is -0.0509. The van der Waals surface area contributed by atoms with Gasteiger partial charge >= 0.3 is 0 Å². The summed E-state index contributed by atoms with van der Waals surface area (Å²) in [7, 11) is 0. The summed E-state index contributed by atoms with van der Waals surface area (Å²) in [5, 5.41) is 0. The summed E-state index contributed by atoms with van der Waals surface area (Å²) < 4.78 is 0. The zero-order valence-corrected chi connectivity index (χ0v) is 21.1. The van der Waals surface area contributed by atoms with Crippen molar-refractivity contribution in [1.29, 1.82) is 0 Å². The van der Waals surface area contributed by atoms with Crippen molar-refractivity contribution in [3.05, 3.63) is 6.92 Å². The topological polar surface area (TPSA) is 63.8 Å². The molecule has 0 aromatic carbocycles. The van der Waals surface area contributed by atoms with Crippen molar-refractivity contribution in [3.8, 4) is 0 Å². The maximum Gasteiger partial charge on any atom is 0.0787 e. The van der Waals surface area contributed by atoms with E-state index in [-0.39, 0.29) is 11.5 Å². The number of nitrogens with one attached hydrogen (secondary N) is 3. The first kappa shape index (κ1) is 29.8. The SMILES string of the molecule is [CH2]C(CCNOCC(CC)CC)(CCNOC(CC)CCC)NOCCC(C)(C)C. The molecule has 3 N–H and O–H groups in total. The molecule has 1 radical (unpaired) electrons. The molecule has 0 rings (SSSR count). The van der Waals surface area contributed by atoms with Crippen LogP contribution in [0.4, 0.5) is 0 Å². The van der Waals surface area contributed by atoms with Crippen molar-refractivity contribution < 1.29 is 14.5 Å². The van der Waals surface area contributed by atoms with E-state index in [1.165, 1.54) is 0 Å². The van der Waals surface area contributed by atoms with Gasteiger partial charge in [-0.3, -0.25) is 4.84 Å². The molecule has 6 nitrogen and oxygen atoms in total. The molecule has 0 bridgehead atoms. The number of hydrogen-bond donors (Lipinski definition) is 3. The third kappa shape index (κ3) is 16.5. The maximum atomic E-state index is 5.80. The molecule has 0 aromatic heterocycles. The first-order valence-electron chi connectivity index (χ1n) is 12.2. The van der Waals surface area contributed by atoms with Crippen molar-refractivity contribution in [2.75, 3.05) is 26.3 Å². The van der Waals surface area contributed by atoms with Gasteiger partial charge in [-0.25, -0.2) is 11.0 Å². The first-order valence-corrected chi connectivity index (χ1v) is 12.2. The second-order valence-electron chi connectivity index (χ2n) is 9.76. The molecule has 2 atom stereocenters. The van der Waals surface area contributed by atoms with Crippen LogP contribution in [-0.4, -0.2) is 37.9 Å². The van der Waals surface area contributed by atoms with Crippen LogP contribution in [0.15, 0.2) is 0 Å². The highest BCUT2D eigenvalue weighted by molar-refractivity contribution is 4.89. The van der Waals surface area contributed by atoms with Crippen LogP contribution in [0, 0.1) is 18.3 Å². The summed E-state index contributed by atoms with van der Waals surface area (Å²) in [5.74, 6) is 0.608. The molecule has 30 heavy (non-hydrogen) atoms. The molecule has 181 valence electrons. The van der Waals surface area contributed by atoms with Gasteiger partial charge in [0.25, 0.3) is 0 Å². The first-order chi connectivity index (χ1) is 14.2. The molecule has 0 aliphatic carbocycles. The van der Waals surface area contributed by atoms with Gasteiger partial charge in [0.2, 0.25) is 0 Å². The lowest BCUT2D eigenvalue weighted by Gasteiger charge is -2.31. The lowest BCUT2D eigenvalue weighted by atomic mass is 9.93. The molecular formula is C24H52N3O3. The van der Waals surface area contributed by atoms with Gasteiger partial charge in [-0.05, 0) is 50.4 Å². The minimum absolute atomic E-state index is 0.250.